The molecule has 2 N–H and O–H groups in total. The first-order valence-electron chi connectivity index (χ1n) is 4.52. The van der Waals surface area contributed by atoms with E-state index < -0.39 is 0 Å². The fraction of sp³-hybridized carbons (Fsp3) is 1.00. The lowest BCUT2D eigenvalue weighted by Crippen LogP contribution is -2.24. The van der Waals surface area contributed by atoms with Crippen LogP contribution in [0.4, 0.5) is 0 Å². The van der Waals surface area contributed by atoms with Crippen LogP contribution in [0.1, 0.15) is 27.7 Å². The van der Waals surface area contributed by atoms with E-state index >= 15 is 0 Å². The van der Waals surface area contributed by atoms with Crippen molar-refractivity contribution in [3.8, 4) is 0 Å². The SMILES string of the molecule is CC(N)OCCOC(C)C(C)C. The zero-order chi connectivity index (χ0) is 9.56. The lowest BCUT2D eigenvalue weighted by Gasteiger charge is -2.16. The van der Waals surface area contributed by atoms with E-state index in [0.717, 1.165) is 0 Å². The summed E-state index contributed by atoms with van der Waals surface area (Å²) in [6.45, 7) is 9.35. The molecule has 3 heteroatoms. The summed E-state index contributed by atoms with van der Waals surface area (Å²) in [5, 5.41) is 0. The van der Waals surface area contributed by atoms with Crippen molar-refractivity contribution in [2.24, 2.45) is 11.7 Å². The van der Waals surface area contributed by atoms with Gasteiger partial charge in [0, 0.05) is 0 Å². The highest BCUT2D eigenvalue weighted by Gasteiger charge is 2.06. The Balaban J connectivity index is 3.20. The Hall–Kier alpha value is -0.120. The Morgan fingerprint density at radius 3 is 1.92 bits per heavy atom. The molecule has 0 fully saturated rings. The normalized spacial score (nSPS) is 16.5. The summed E-state index contributed by atoms with van der Waals surface area (Å²) in [4.78, 5) is 0. The molecule has 0 heterocycles. The van der Waals surface area contributed by atoms with Crippen molar-refractivity contribution in [1.29, 1.82) is 0 Å². The maximum atomic E-state index is 5.47. The smallest absolute Gasteiger partial charge is 0.102 e. The van der Waals surface area contributed by atoms with Crippen LogP contribution in [0.3, 0.4) is 0 Å². The summed E-state index contributed by atoms with van der Waals surface area (Å²) in [6.07, 6.45) is 0.102. The minimum absolute atomic E-state index is 0.192. The monoisotopic (exact) mass is 175 g/mol. The molecular weight excluding hydrogens is 154 g/mol. The third-order valence-electron chi connectivity index (χ3n) is 1.78. The number of nitrogens with two attached hydrogens (primary N) is 1. The third kappa shape index (κ3) is 6.58. The Morgan fingerprint density at radius 2 is 1.50 bits per heavy atom. The number of ether oxygens (including phenoxy) is 2. The molecule has 74 valence electrons. The Kier molecular flexibility index (Phi) is 6.34. The van der Waals surface area contributed by atoms with Gasteiger partial charge >= 0.3 is 0 Å². The van der Waals surface area contributed by atoms with Crippen LogP contribution in [0, 0.1) is 5.92 Å². The zero-order valence-electron chi connectivity index (χ0n) is 8.54. The van der Waals surface area contributed by atoms with Gasteiger partial charge < -0.3 is 15.2 Å². The zero-order valence-corrected chi connectivity index (χ0v) is 8.54. The molecule has 3 nitrogen and oxygen atoms in total. The van der Waals surface area contributed by atoms with Gasteiger partial charge in [-0.3, -0.25) is 0 Å². The standard InChI is InChI=1S/C9H21NO2/c1-7(2)8(3)11-5-6-12-9(4)10/h7-9H,5-6,10H2,1-4H3. The number of rotatable bonds is 6. The molecule has 0 rings (SSSR count). The molecule has 2 atom stereocenters. The van der Waals surface area contributed by atoms with E-state index in [0.29, 0.717) is 25.2 Å². The number of hydrogen-bond donors (Lipinski definition) is 1. The molecule has 2 unspecified atom stereocenters. The molecule has 0 aromatic rings. The van der Waals surface area contributed by atoms with Crippen LogP contribution in [0.5, 0.6) is 0 Å². The van der Waals surface area contributed by atoms with E-state index in [4.69, 9.17) is 15.2 Å². The first-order chi connectivity index (χ1) is 5.54. The fourth-order valence-corrected chi connectivity index (χ4v) is 0.660. The molecule has 0 spiro atoms. The third-order valence-corrected chi connectivity index (χ3v) is 1.78. The van der Waals surface area contributed by atoms with Gasteiger partial charge in [0.05, 0.1) is 19.3 Å². The molecular formula is C9H21NO2. The van der Waals surface area contributed by atoms with Crippen molar-refractivity contribution in [2.75, 3.05) is 13.2 Å². The van der Waals surface area contributed by atoms with E-state index in [9.17, 15) is 0 Å². The van der Waals surface area contributed by atoms with Gasteiger partial charge in [-0.05, 0) is 19.8 Å². The van der Waals surface area contributed by atoms with Crippen LogP contribution < -0.4 is 5.73 Å². The molecule has 0 aromatic carbocycles. The second-order valence-corrected chi connectivity index (χ2v) is 3.40. The highest BCUT2D eigenvalue weighted by molar-refractivity contribution is 4.53. The molecule has 0 aromatic heterocycles. The molecule has 0 amide bonds. The van der Waals surface area contributed by atoms with Crippen LogP contribution in [-0.4, -0.2) is 25.5 Å². The van der Waals surface area contributed by atoms with Crippen LogP contribution in [-0.2, 0) is 9.47 Å². The van der Waals surface area contributed by atoms with Crippen molar-refractivity contribution >= 4 is 0 Å². The second kappa shape index (κ2) is 6.40. The molecule has 0 aliphatic rings. The lowest BCUT2D eigenvalue weighted by atomic mass is 10.1. The summed E-state index contributed by atoms with van der Waals surface area (Å²) >= 11 is 0. The summed E-state index contributed by atoms with van der Waals surface area (Å²) < 4.78 is 10.6. The lowest BCUT2D eigenvalue weighted by molar-refractivity contribution is -0.0233. The fourth-order valence-electron chi connectivity index (χ4n) is 0.660. The van der Waals surface area contributed by atoms with E-state index in [-0.39, 0.29) is 6.23 Å². The Bertz CT molecular complexity index is 105. The largest absolute Gasteiger partial charge is 0.376 e. The minimum Gasteiger partial charge on any atom is -0.376 e. The van der Waals surface area contributed by atoms with Gasteiger partial charge in [-0.2, -0.15) is 0 Å². The van der Waals surface area contributed by atoms with Crippen LogP contribution in [0.25, 0.3) is 0 Å². The highest BCUT2D eigenvalue weighted by atomic mass is 16.5. The van der Waals surface area contributed by atoms with Crippen LogP contribution in [0.15, 0.2) is 0 Å². The second-order valence-electron chi connectivity index (χ2n) is 3.40. The first kappa shape index (κ1) is 11.9. The van der Waals surface area contributed by atoms with E-state index in [2.05, 4.69) is 20.8 Å². The minimum atomic E-state index is -0.192. The molecule has 0 aliphatic heterocycles. The number of hydrogen-bond acceptors (Lipinski definition) is 3. The molecule has 0 bridgehead atoms. The Labute approximate surface area is 75.2 Å². The predicted molar refractivity (Wildman–Crippen MR) is 49.9 cm³/mol. The van der Waals surface area contributed by atoms with Gasteiger partial charge in [-0.15, -0.1) is 0 Å². The first-order valence-corrected chi connectivity index (χ1v) is 4.52. The van der Waals surface area contributed by atoms with Crippen molar-refractivity contribution in [3.05, 3.63) is 0 Å². The van der Waals surface area contributed by atoms with E-state index in [1.165, 1.54) is 0 Å². The maximum absolute atomic E-state index is 5.47. The van der Waals surface area contributed by atoms with E-state index in [1.807, 2.05) is 6.92 Å². The Morgan fingerprint density at radius 1 is 1.00 bits per heavy atom. The molecule has 12 heavy (non-hydrogen) atoms. The predicted octanol–water partition coefficient (Wildman–Crippen LogP) is 1.37. The maximum Gasteiger partial charge on any atom is 0.102 e. The van der Waals surface area contributed by atoms with Crippen molar-refractivity contribution in [1.82, 2.24) is 0 Å². The summed E-state index contributed by atoms with van der Waals surface area (Å²) in [5.41, 5.74) is 5.39. The average Bonchev–Trinajstić information content (AvgIpc) is 1.97. The summed E-state index contributed by atoms with van der Waals surface area (Å²) in [7, 11) is 0. The van der Waals surface area contributed by atoms with Gasteiger partial charge in [-0.25, -0.2) is 0 Å². The molecule has 0 saturated carbocycles. The van der Waals surface area contributed by atoms with Crippen molar-refractivity contribution < 1.29 is 9.47 Å². The molecule has 0 aliphatic carbocycles. The quantitative estimate of drug-likeness (QED) is 0.490. The topological polar surface area (TPSA) is 44.5 Å². The van der Waals surface area contributed by atoms with Crippen molar-refractivity contribution in [2.45, 2.75) is 40.0 Å². The summed E-state index contributed by atoms with van der Waals surface area (Å²) in [6, 6.07) is 0. The molecule has 0 saturated heterocycles. The molecule has 0 radical (unpaired) electrons. The van der Waals surface area contributed by atoms with Crippen molar-refractivity contribution in [3.63, 3.8) is 0 Å². The highest BCUT2D eigenvalue weighted by Crippen LogP contribution is 2.04. The van der Waals surface area contributed by atoms with Gasteiger partial charge in [0.25, 0.3) is 0 Å². The summed E-state index contributed by atoms with van der Waals surface area (Å²) in [5.74, 6) is 0.556. The van der Waals surface area contributed by atoms with Gasteiger partial charge in [0.2, 0.25) is 0 Å². The van der Waals surface area contributed by atoms with Crippen LogP contribution in [0.2, 0.25) is 0 Å². The van der Waals surface area contributed by atoms with Crippen LogP contribution >= 0.6 is 0 Å². The van der Waals surface area contributed by atoms with Gasteiger partial charge in [0.15, 0.2) is 0 Å². The van der Waals surface area contributed by atoms with Gasteiger partial charge in [0.1, 0.15) is 6.23 Å². The van der Waals surface area contributed by atoms with E-state index in [1.54, 1.807) is 0 Å². The van der Waals surface area contributed by atoms with Gasteiger partial charge in [-0.1, -0.05) is 13.8 Å². The average molecular weight is 175 g/mol.